The van der Waals surface area contributed by atoms with Crippen LogP contribution in [0.3, 0.4) is 0 Å². The first-order valence-corrected chi connectivity index (χ1v) is 5.71. The van der Waals surface area contributed by atoms with E-state index in [0.717, 1.165) is 0 Å². The van der Waals surface area contributed by atoms with E-state index in [4.69, 9.17) is 4.74 Å². The van der Waals surface area contributed by atoms with Gasteiger partial charge in [0, 0.05) is 24.2 Å². The van der Waals surface area contributed by atoms with Gasteiger partial charge in [0.25, 0.3) is 5.69 Å². The number of benzene rings is 1. The van der Waals surface area contributed by atoms with E-state index in [1.54, 1.807) is 0 Å². The summed E-state index contributed by atoms with van der Waals surface area (Å²) in [7, 11) is 0. The molecule has 0 radical (unpaired) electrons. The molecular formula is C12H12N2O5. The molecule has 2 rings (SSSR count). The lowest BCUT2D eigenvalue weighted by Gasteiger charge is -2.25. The van der Waals surface area contributed by atoms with Crippen molar-refractivity contribution in [3.05, 3.63) is 39.9 Å². The van der Waals surface area contributed by atoms with Crippen LogP contribution in [0.1, 0.15) is 10.4 Å². The molecule has 0 spiro atoms. The number of amides is 1. The summed E-state index contributed by atoms with van der Waals surface area (Å²) >= 11 is 0. The van der Waals surface area contributed by atoms with Crippen molar-refractivity contribution in [1.29, 1.82) is 0 Å². The first-order valence-electron chi connectivity index (χ1n) is 5.71. The predicted octanol–water partition coefficient (Wildman–Crippen LogP) is 0.636. The number of hydrogen-bond donors (Lipinski definition) is 0. The Hall–Kier alpha value is -2.28. The number of Topliss-reactive ketones (excluding diaryl/α,β-unsaturated/α-hetero) is 1. The average Bonchev–Trinajstić information content (AvgIpc) is 2.41. The third-order valence-corrected chi connectivity index (χ3v) is 2.80. The number of ketones is 1. The lowest BCUT2D eigenvalue weighted by Crippen LogP contribution is -2.44. The van der Waals surface area contributed by atoms with Crippen LogP contribution < -0.4 is 0 Å². The molecule has 0 saturated carbocycles. The first-order chi connectivity index (χ1) is 9.08. The van der Waals surface area contributed by atoms with Crippen LogP contribution in [-0.2, 0) is 9.53 Å². The Morgan fingerprint density at radius 2 is 2.26 bits per heavy atom. The Kier molecular flexibility index (Phi) is 3.86. The molecule has 0 atom stereocenters. The average molecular weight is 264 g/mol. The fourth-order valence-electron chi connectivity index (χ4n) is 1.77. The highest BCUT2D eigenvalue weighted by Crippen LogP contribution is 2.14. The summed E-state index contributed by atoms with van der Waals surface area (Å²) in [4.78, 5) is 34.9. The van der Waals surface area contributed by atoms with Crippen molar-refractivity contribution in [3.8, 4) is 0 Å². The van der Waals surface area contributed by atoms with Gasteiger partial charge in [-0.05, 0) is 0 Å². The van der Waals surface area contributed by atoms with Gasteiger partial charge in [-0.1, -0.05) is 12.1 Å². The minimum atomic E-state index is -0.559. The topological polar surface area (TPSA) is 89.8 Å². The molecule has 1 aliphatic heterocycles. The van der Waals surface area contributed by atoms with Gasteiger partial charge in [0.2, 0.25) is 5.91 Å². The van der Waals surface area contributed by atoms with Crippen molar-refractivity contribution in [2.24, 2.45) is 0 Å². The number of carbonyl (C=O) groups is 2. The van der Waals surface area contributed by atoms with Gasteiger partial charge in [0.1, 0.15) is 6.61 Å². The number of carbonyl (C=O) groups excluding carboxylic acids is 2. The number of hydrogen-bond acceptors (Lipinski definition) is 5. The fourth-order valence-corrected chi connectivity index (χ4v) is 1.77. The van der Waals surface area contributed by atoms with Crippen molar-refractivity contribution < 1.29 is 19.2 Å². The molecule has 1 fully saturated rings. The van der Waals surface area contributed by atoms with E-state index in [2.05, 4.69) is 0 Å². The maximum atomic E-state index is 12.0. The Morgan fingerprint density at radius 3 is 2.95 bits per heavy atom. The third kappa shape index (κ3) is 3.14. The van der Waals surface area contributed by atoms with Crippen molar-refractivity contribution in [2.75, 3.05) is 26.3 Å². The second-order valence-corrected chi connectivity index (χ2v) is 4.10. The number of nitro benzene ring substituents is 1. The van der Waals surface area contributed by atoms with Crippen molar-refractivity contribution in [2.45, 2.75) is 0 Å². The van der Waals surface area contributed by atoms with E-state index in [0.29, 0.717) is 13.2 Å². The molecule has 0 N–H and O–H groups in total. The van der Waals surface area contributed by atoms with Crippen molar-refractivity contribution >= 4 is 17.4 Å². The Balaban J connectivity index is 2.09. The van der Waals surface area contributed by atoms with Gasteiger partial charge >= 0.3 is 0 Å². The normalized spacial score (nSPS) is 15.4. The third-order valence-electron chi connectivity index (χ3n) is 2.80. The number of non-ortho nitro benzene ring substituents is 1. The van der Waals surface area contributed by atoms with Crippen molar-refractivity contribution in [1.82, 2.24) is 4.90 Å². The summed E-state index contributed by atoms with van der Waals surface area (Å²) in [6, 6.07) is 5.48. The number of nitrogens with zero attached hydrogens (tertiary/aromatic N) is 2. The van der Waals surface area contributed by atoms with Crippen LogP contribution in [0, 0.1) is 10.1 Å². The zero-order valence-corrected chi connectivity index (χ0v) is 10.1. The summed E-state index contributed by atoms with van der Waals surface area (Å²) in [6.07, 6.45) is 0. The van der Waals surface area contributed by atoms with Gasteiger partial charge in [-0.3, -0.25) is 19.7 Å². The smallest absolute Gasteiger partial charge is 0.270 e. The van der Waals surface area contributed by atoms with E-state index in [1.165, 1.54) is 29.2 Å². The van der Waals surface area contributed by atoms with Gasteiger partial charge in [0.05, 0.1) is 18.1 Å². The highest BCUT2D eigenvalue weighted by atomic mass is 16.6. The van der Waals surface area contributed by atoms with Gasteiger partial charge in [-0.15, -0.1) is 0 Å². The molecular weight excluding hydrogens is 252 g/mol. The van der Waals surface area contributed by atoms with Crippen LogP contribution in [-0.4, -0.2) is 47.8 Å². The van der Waals surface area contributed by atoms with Crippen LogP contribution in [0.25, 0.3) is 0 Å². The second kappa shape index (κ2) is 5.57. The van der Waals surface area contributed by atoms with E-state index in [-0.39, 0.29) is 36.1 Å². The number of ether oxygens (including phenoxy) is 1. The summed E-state index contributed by atoms with van der Waals surface area (Å²) < 4.78 is 4.96. The van der Waals surface area contributed by atoms with E-state index in [9.17, 15) is 19.7 Å². The van der Waals surface area contributed by atoms with E-state index in [1.807, 2.05) is 0 Å². The summed E-state index contributed by atoms with van der Waals surface area (Å²) in [6.45, 7) is 0.652. The summed E-state index contributed by atoms with van der Waals surface area (Å²) in [5.41, 5.74) is 0.0904. The monoisotopic (exact) mass is 264 g/mol. The highest BCUT2D eigenvalue weighted by Gasteiger charge is 2.22. The number of morpholine rings is 1. The quantitative estimate of drug-likeness (QED) is 0.452. The Bertz CT molecular complexity index is 529. The molecule has 1 amide bonds. The molecule has 19 heavy (non-hydrogen) atoms. The van der Waals surface area contributed by atoms with E-state index < -0.39 is 4.92 Å². The lowest BCUT2D eigenvalue weighted by atomic mass is 10.1. The molecule has 0 bridgehead atoms. The highest BCUT2D eigenvalue weighted by molar-refractivity contribution is 5.99. The standard InChI is InChI=1S/C12H12N2O5/c15-11(7-13-4-5-19-8-12(13)16)9-2-1-3-10(6-9)14(17)18/h1-3,6H,4-5,7-8H2. The van der Waals surface area contributed by atoms with Crippen LogP contribution in [0.2, 0.25) is 0 Å². The Labute approximate surface area is 108 Å². The molecule has 1 aliphatic rings. The number of nitro groups is 1. The largest absolute Gasteiger partial charge is 0.370 e. The van der Waals surface area contributed by atoms with Crippen LogP contribution in [0.15, 0.2) is 24.3 Å². The van der Waals surface area contributed by atoms with Crippen LogP contribution >= 0.6 is 0 Å². The molecule has 1 saturated heterocycles. The van der Waals surface area contributed by atoms with Crippen LogP contribution in [0.5, 0.6) is 0 Å². The molecule has 0 aromatic heterocycles. The number of rotatable bonds is 4. The molecule has 1 aromatic rings. The maximum Gasteiger partial charge on any atom is 0.270 e. The molecule has 0 unspecified atom stereocenters. The molecule has 7 nitrogen and oxygen atoms in total. The minimum Gasteiger partial charge on any atom is -0.370 e. The summed E-state index contributed by atoms with van der Waals surface area (Å²) in [5, 5.41) is 10.6. The molecule has 100 valence electrons. The van der Waals surface area contributed by atoms with E-state index >= 15 is 0 Å². The van der Waals surface area contributed by atoms with Gasteiger partial charge < -0.3 is 9.64 Å². The van der Waals surface area contributed by atoms with Crippen molar-refractivity contribution in [3.63, 3.8) is 0 Å². The zero-order chi connectivity index (χ0) is 13.8. The molecule has 7 heteroatoms. The molecule has 1 heterocycles. The van der Waals surface area contributed by atoms with Gasteiger partial charge in [-0.25, -0.2) is 0 Å². The lowest BCUT2D eigenvalue weighted by molar-refractivity contribution is -0.384. The van der Waals surface area contributed by atoms with Gasteiger partial charge in [-0.2, -0.15) is 0 Å². The molecule has 0 aliphatic carbocycles. The first kappa shape index (κ1) is 13.2. The predicted molar refractivity (Wildman–Crippen MR) is 64.8 cm³/mol. The SMILES string of the molecule is O=C(CN1CCOCC1=O)c1cccc([N+](=O)[O-])c1. The Morgan fingerprint density at radius 1 is 1.47 bits per heavy atom. The molecule has 1 aromatic carbocycles. The zero-order valence-electron chi connectivity index (χ0n) is 10.1. The van der Waals surface area contributed by atoms with Crippen LogP contribution in [0.4, 0.5) is 5.69 Å². The minimum absolute atomic E-state index is 0.0256. The fraction of sp³-hybridized carbons (Fsp3) is 0.333. The van der Waals surface area contributed by atoms with Gasteiger partial charge in [0.15, 0.2) is 5.78 Å². The second-order valence-electron chi connectivity index (χ2n) is 4.10. The summed E-state index contributed by atoms with van der Waals surface area (Å²) in [5.74, 6) is -0.566. The maximum absolute atomic E-state index is 12.0.